The van der Waals surface area contributed by atoms with Crippen molar-refractivity contribution in [3.63, 3.8) is 0 Å². The van der Waals surface area contributed by atoms with Crippen LogP contribution in [0.4, 0.5) is 4.39 Å². The van der Waals surface area contributed by atoms with Gasteiger partial charge in [-0.1, -0.05) is 18.2 Å². The zero-order valence-electron chi connectivity index (χ0n) is 17.0. The fourth-order valence-corrected chi connectivity index (χ4v) is 3.41. The SMILES string of the molecule is CS(=O)(=O)O.Cc1cc(C(O)CN2CCC(O)(c3cccc(F)c3)CC2)ccc1O. The van der Waals surface area contributed by atoms with Gasteiger partial charge in [0.25, 0.3) is 10.1 Å². The second-order valence-electron chi connectivity index (χ2n) is 7.64. The number of β-amino-alcohol motifs (C(OH)–C–C–N with tert-alkyl or cyclic N) is 1. The maximum Gasteiger partial charge on any atom is 0.261 e. The van der Waals surface area contributed by atoms with E-state index in [9.17, 15) is 28.1 Å². The minimum atomic E-state index is -3.67. The quantitative estimate of drug-likeness (QED) is 0.538. The minimum absolute atomic E-state index is 0.217. The van der Waals surface area contributed by atoms with Crippen LogP contribution in [0, 0.1) is 12.7 Å². The average molecular weight is 442 g/mol. The number of hydrogen-bond acceptors (Lipinski definition) is 6. The van der Waals surface area contributed by atoms with Crippen molar-refractivity contribution in [2.24, 2.45) is 0 Å². The van der Waals surface area contributed by atoms with Crippen LogP contribution in [0.3, 0.4) is 0 Å². The highest BCUT2D eigenvalue weighted by Crippen LogP contribution is 2.33. The van der Waals surface area contributed by atoms with Crippen LogP contribution in [-0.4, -0.2) is 59.1 Å². The summed E-state index contributed by atoms with van der Waals surface area (Å²) >= 11 is 0. The Balaban J connectivity index is 0.000000575. The first kappa shape index (κ1) is 24.2. The molecule has 1 aliphatic rings. The van der Waals surface area contributed by atoms with Crippen LogP contribution < -0.4 is 0 Å². The van der Waals surface area contributed by atoms with Gasteiger partial charge in [0.2, 0.25) is 0 Å². The van der Waals surface area contributed by atoms with Gasteiger partial charge in [-0.25, -0.2) is 4.39 Å². The molecule has 1 unspecified atom stereocenters. The largest absolute Gasteiger partial charge is 0.508 e. The minimum Gasteiger partial charge on any atom is -0.508 e. The number of hydrogen-bond donors (Lipinski definition) is 4. The molecule has 1 heterocycles. The summed E-state index contributed by atoms with van der Waals surface area (Å²) in [6.07, 6.45) is 1.06. The molecule has 2 aromatic carbocycles. The summed E-state index contributed by atoms with van der Waals surface area (Å²) in [5.74, 6) is -0.124. The monoisotopic (exact) mass is 441 g/mol. The highest BCUT2D eigenvalue weighted by molar-refractivity contribution is 7.85. The second kappa shape index (κ2) is 9.84. The number of aliphatic hydroxyl groups is 2. The Kier molecular flexibility index (Phi) is 7.95. The van der Waals surface area contributed by atoms with E-state index in [1.807, 2.05) is 0 Å². The van der Waals surface area contributed by atoms with Crippen LogP contribution in [0.1, 0.15) is 35.6 Å². The van der Waals surface area contributed by atoms with Gasteiger partial charge in [0.05, 0.1) is 18.0 Å². The third-order valence-corrected chi connectivity index (χ3v) is 5.08. The zero-order valence-corrected chi connectivity index (χ0v) is 17.8. The van der Waals surface area contributed by atoms with E-state index < -0.39 is 21.8 Å². The molecular formula is C21H28FNO6S. The number of halogens is 1. The van der Waals surface area contributed by atoms with Crippen molar-refractivity contribution in [1.29, 1.82) is 0 Å². The lowest BCUT2D eigenvalue weighted by molar-refractivity contribution is -0.0346. The van der Waals surface area contributed by atoms with E-state index in [4.69, 9.17) is 4.55 Å². The predicted octanol–water partition coefficient (Wildman–Crippen LogP) is 2.36. The molecule has 0 bridgehead atoms. The third kappa shape index (κ3) is 7.33. The van der Waals surface area contributed by atoms with Crippen molar-refractivity contribution in [3.05, 3.63) is 65.0 Å². The van der Waals surface area contributed by atoms with E-state index in [1.54, 1.807) is 37.3 Å². The van der Waals surface area contributed by atoms with E-state index >= 15 is 0 Å². The Labute approximate surface area is 176 Å². The molecule has 0 saturated carbocycles. The van der Waals surface area contributed by atoms with E-state index in [-0.39, 0.29) is 11.6 Å². The van der Waals surface area contributed by atoms with Gasteiger partial charge in [0.15, 0.2) is 0 Å². The predicted molar refractivity (Wildman–Crippen MR) is 111 cm³/mol. The number of rotatable bonds is 4. The molecule has 30 heavy (non-hydrogen) atoms. The summed E-state index contributed by atoms with van der Waals surface area (Å²) in [5.41, 5.74) is 1.09. The van der Waals surface area contributed by atoms with Crippen LogP contribution in [-0.2, 0) is 15.7 Å². The summed E-state index contributed by atoms with van der Waals surface area (Å²) in [6.45, 7) is 3.51. The molecule has 1 atom stereocenters. The molecule has 166 valence electrons. The topological polar surface area (TPSA) is 118 Å². The smallest absolute Gasteiger partial charge is 0.261 e. The number of nitrogens with zero attached hydrogens (tertiary/aromatic N) is 1. The van der Waals surface area contributed by atoms with Gasteiger partial charge in [-0.2, -0.15) is 8.42 Å². The van der Waals surface area contributed by atoms with Crippen LogP contribution in [0.25, 0.3) is 0 Å². The van der Waals surface area contributed by atoms with Gasteiger partial charge in [-0.3, -0.25) is 4.55 Å². The third-order valence-electron chi connectivity index (χ3n) is 5.08. The molecule has 3 rings (SSSR count). The molecule has 0 spiro atoms. The maximum absolute atomic E-state index is 13.4. The Morgan fingerprint density at radius 3 is 2.30 bits per heavy atom. The number of aliphatic hydroxyl groups excluding tert-OH is 1. The van der Waals surface area contributed by atoms with Crippen LogP contribution in [0.15, 0.2) is 42.5 Å². The lowest BCUT2D eigenvalue weighted by atomic mass is 9.84. The Bertz CT molecular complexity index is 950. The molecule has 1 fully saturated rings. The van der Waals surface area contributed by atoms with Crippen LogP contribution in [0.5, 0.6) is 5.75 Å². The molecular weight excluding hydrogens is 413 g/mol. The van der Waals surface area contributed by atoms with E-state index in [2.05, 4.69) is 4.90 Å². The van der Waals surface area contributed by atoms with Crippen molar-refractivity contribution < 1.29 is 32.7 Å². The number of phenols is 1. The molecule has 0 radical (unpaired) electrons. The first-order valence-corrected chi connectivity index (χ1v) is 11.3. The molecule has 0 amide bonds. The molecule has 1 aliphatic heterocycles. The second-order valence-corrected chi connectivity index (χ2v) is 9.10. The van der Waals surface area contributed by atoms with Crippen molar-refractivity contribution in [2.45, 2.75) is 31.5 Å². The molecule has 0 aromatic heterocycles. The van der Waals surface area contributed by atoms with Crippen molar-refractivity contribution >= 4 is 10.1 Å². The van der Waals surface area contributed by atoms with Crippen molar-refractivity contribution in [1.82, 2.24) is 4.90 Å². The standard InChI is InChI=1S/C20H24FNO3.CH4O3S/c1-14-11-15(5-6-18(14)23)19(24)13-22-9-7-20(25,8-10-22)16-3-2-4-17(21)12-16;1-5(2,3)4/h2-6,11-12,19,23-25H,7-10,13H2,1H3;1H3,(H,2,3,4). The average Bonchev–Trinajstić information content (AvgIpc) is 2.64. The molecule has 0 aliphatic carbocycles. The Morgan fingerprint density at radius 1 is 1.17 bits per heavy atom. The lowest BCUT2D eigenvalue weighted by Crippen LogP contribution is -2.44. The highest BCUT2D eigenvalue weighted by Gasteiger charge is 2.34. The summed E-state index contributed by atoms with van der Waals surface area (Å²) in [7, 11) is -3.67. The van der Waals surface area contributed by atoms with Gasteiger partial charge in [0, 0.05) is 19.6 Å². The summed E-state index contributed by atoms with van der Waals surface area (Å²) < 4.78 is 39.3. The number of likely N-dealkylation sites (tertiary alicyclic amines) is 1. The number of aromatic hydroxyl groups is 1. The zero-order chi connectivity index (χ0) is 22.5. The Hall–Kier alpha value is -2.04. The number of aryl methyl sites for hydroxylation is 1. The van der Waals surface area contributed by atoms with Crippen molar-refractivity contribution in [2.75, 3.05) is 25.9 Å². The molecule has 7 nitrogen and oxygen atoms in total. The normalized spacial score (nSPS) is 17.7. The fourth-order valence-electron chi connectivity index (χ4n) is 3.41. The van der Waals surface area contributed by atoms with Crippen LogP contribution >= 0.6 is 0 Å². The highest BCUT2D eigenvalue weighted by atomic mass is 32.2. The van der Waals surface area contributed by atoms with Crippen molar-refractivity contribution in [3.8, 4) is 5.75 Å². The van der Waals surface area contributed by atoms with E-state index in [0.29, 0.717) is 44.3 Å². The van der Waals surface area contributed by atoms with Gasteiger partial charge < -0.3 is 20.2 Å². The summed E-state index contributed by atoms with van der Waals surface area (Å²) in [5, 5.41) is 30.8. The van der Waals surface area contributed by atoms with Gasteiger partial charge in [0.1, 0.15) is 11.6 Å². The fraction of sp³-hybridized carbons (Fsp3) is 0.429. The Morgan fingerprint density at radius 2 is 1.77 bits per heavy atom. The van der Waals surface area contributed by atoms with Gasteiger partial charge in [-0.05, 0) is 60.7 Å². The van der Waals surface area contributed by atoms with Gasteiger partial charge in [-0.15, -0.1) is 0 Å². The number of phenolic OH excluding ortho intramolecular Hbond substituents is 1. The molecule has 9 heteroatoms. The molecule has 4 N–H and O–H groups in total. The summed E-state index contributed by atoms with van der Waals surface area (Å²) in [6, 6.07) is 11.2. The van der Waals surface area contributed by atoms with Crippen LogP contribution in [0.2, 0.25) is 0 Å². The van der Waals surface area contributed by atoms with E-state index in [0.717, 1.165) is 11.1 Å². The molecule has 1 saturated heterocycles. The maximum atomic E-state index is 13.4. The van der Waals surface area contributed by atoms with Gasteiger partial charge >= 0.3 is 0 Å². The summed E-state index contributed by atoms with van der Waals surface area (Å²) in [4.78, 5) is 2.10. The number of piperidine rings is 1. The first-order valence-electron chi connectivity index (χ1n) is 9.48. The number of benzene rings is 2. The molecule has 2 aromatic rings. The lowest BCUT2D eigenvalue weighted by Gasteiger charge is -2.39. The van der Waals surface area contributed by atoms with E-state index in [1.165, 1.54) is 12.1 Å². The first-order chi connectivity index (χ1) is 13.9.